The molecule has 2 aromatic carbocycles. The number of hydrogen-bond donors (Lipinski definition) is 2. The van der Waals surface area contributed by atoms with Crippen LogP contribution in [0.3, 0.4) is 0 Å². The maximum absolute atomic E-state index is 13.7. The zero-order chi connectivity index (χ0) is 15.1. The Balaban J connectivity index is 0.00000156. The fraction of sp³-hybridized carbons (Fsp3) is 0.167. The van der Waals surface area contributed by atoms with E-state index < -0.39 is 0 Å². The molecule has 1 aliphatic heterocycles. The number of aromatic amines is 1. The van der Waals surface area contributed by atoms with Crippen LogP contribution in [0.5, 0.6) is 0 Å². The molecule has 0 bridgehead atoms. The molecule has 2 N–H and O–H groups in total. The number of halogens is 2. The van der Waals surface area contributed by atoms with Gasteiger partial charge in [-0.2, -0.15) is 0 Å². The van der Waals surface area contributed by atoms with Crippen LogP contribution in [0.1, 0.15) is 11.1 Å². The molecule has 0 fully saturated rings. The van der Waals surface area contributed by atoms with Gasteiger partial charge in [0.25, 0.3) is 0 Å². The summed E-state index contributed by atoms with van der Waals surface area (Å²) in [7, 11) is 0. The molecule has 0 spiro atoms. The van der Waals surface area contributed by atoms with E-state index in [0.717, 1.165) is 46.6 Å². The van der Waals surface area contributed by atoms with Crippen molar-refractivity contribution in [2.45, 2.75) is 6.92 Å². The first-order chi connectivity index (χ1) is 10.7. The molecule has 0 atom stereocenters. The molecule has 0 radical (unpaired) electrons. The smallest absolute Gasteiger partial charge is 0.131 e. The third kappa shape index (κ3) is 2.70. The van der Waals surface area contributed by atoms with E-state index in [1.165, 1.54) is 11.6 Å². The summed E-state index contributed by atoms with van der Waals surface area (Å²) < 4.78 is 13.7. The van der Waals surface area contributed by atoms with Crippen LogP contribution in [0, 0.1) is 12.7 Å². The van der Waals surface area contributed by atoms with Gasteiger partial charge >= 0.3 is 0 Å². The normalized spacial score (nSPS) is 13.6. The maximum Gasteiger partial charge on any atom is 0.131 e. The number of benzene rings is 2. The van der Waals surface area contributed by atoms with Gasteiger partial charge in [-0.25, -0.2) is 4.39 Å². The molecular weight excluding hydrogens is 313 g/mol. The van der Waals surface area contributed by atoms with Gasteiger partial charge < -0.3 is 10.3 Å². The molecule has 5 heteroatoms. The van der Waals surface area contributed by atoms with Crippen molar-refractivity contribution >= 4 is 29.1 Å². The van der Waals surface area contributed by atoms with E-state index in [1.807, 2.05) is 0 Å². The Hall–Kier alpha value is -2.33. The second kappa shape index (κ2) is 6.05. The van der Waals surface area contributed by atoms with E-state index in [1.54, 1.807) is 12.1 Å². The molecule has 1 aromatic heterocycles. The van der Waals surface area contributed by atoms with Crippen molar-refractivity contribution in [2.24, 2.45) is 4.99 Å². The second-order valence-electron chi connectivity index (χ2n) is 5.59. The standard InChI is InChI=1S/C18H16FN3.ClH/c1-11-2-4-12(5-3-11)17-16(18-20-8-9-21-18)14-10-13(19)6-7-15(14)22-17;/h2-7,10,22H,8-9H2,1H3,(H,20,21);1H. The lowest BCUT2D eigenvalue weighted by Gasteiger charge is -2.06. The van der Waals surface area contributed by atoms with Gasteiger partial charge in [0.2, 0.25) is 0 Å². The van der Waals surface area contributed by atoms with Gasteiger partial charge in [-0.3, -0.25) is 4.99 Å². The van der Waals surface area contributed by atoms with E-state index in [9.17, 15) is 4.39 Å². The van der Waals surface area contributed by atoms with Crippen molar-refractivity contribution in [1.29, 1.82) is 0 Å². The molecule has 118 valence electrons. The second-order valence-corrected chi connectivity index (χ2v) is 5.59. The number of aryl methyl sites for hydroxylation is 1. The van der Waals surface area contributed by atoms with Crippen molar-refractivity contribution in [3.05, 3.63) is 59.4 Å². The number of nitrogens with one attached hydrogen (secondary N) is 2. The summed E-state index contributed by atoms with van der Waals surface area (Å²) in [5, 5.41) is 4.16. The van der Waals surface area contributed by atoms with E-state index in [-0.39, 0.29) is 18.2 Å². The monoisotopic (exact) mass is 329 g/mol. The van der Waals surface area contributed by atoms with Crippen LogP contribution in [0.25, 0.3) is 22.2 Å². The van der Waals surface area contributed by atoms with Crippen LogP contribution in [0.15, 0.2) is 47.5 Å². The highest BCUT2D eigenvalue weighted by Gasteiger charge is 2.20. The number of rotatable bonds is 2. The minimum atomic E-state index is -0.234. The Morgan fingerprint density at radius 2 is 1.87 bits per heavy atom. The number of nitrogens with zero attached hydrogens (tertiary/aromatic N) is 1. The van der Waals surface area contributed by atoms with Crippen LogP contribution in [-0.4, -0.2) is 23.9 Å². The van der Waals surface area contributed by atoms with Crippen LogP contribution in [-0.2, 0) is 0 Å². The van der Waals surface area contributed by atoms with Gasteiger partial charge in [0.15, 0.2) is 0 Å². The fourth-order valence-corrected chi connectivity index (χ4v) is 2.91. The molecule has 0 saturated carbocycles. The zero-order valence-corrected chi connectivity index (χ0v) is 13.5. The SMILES string of the molecule is Cc1ccc(-c2[nH]c3ccc(F)cc3c2C2=NCCN2)cc1.Cl. The minimum absolute atomic E-state index is 0. The van der Waals surface area contributed by atoms with E-state index in [2.05, 4.69) is 46.5 Å². The van der Waals surface area contributed by atoms with Gasteiger partial charge in [-0.05, 0) is 30.7 Å². The van der Waals surface area contributed by atoms with Crippen molar-refractivity contribution in [3.8, 4) is 11.3 Å². The molecule has 1 aliphatic rings. The first-order valence-corrected chi connectivity index (χ1v) is 7.39. The Morgan fingerprint density at radius 3 is 2.57 bits per heavy atom. The molecular formula is C18H17ClFN3. The van der Waals surface area contributed by atoms with E-state index in [4.69, 9.17) is 0 Å². The van der Waals surface area contributed by atoms with Gasteiger partial charge in [-0.15, -0.1) is 12.4 Å². The maximum atomic E-state index is 13.7. The lowest BCUT2D eigenvalue weighted by Crippen LogP contribution is -2.19. The Morgan fingerprint density at radius 1 is 1.09 bits per heavy atom. The van der Waals surface area contributed by atoms with Gasteiger partial charge in [0, 0.05) is 23.0 Å². The lowest BCUT2D eigenvalue weighted by molar-refractivity contribution is 0.629. The molecule has 0 saturated heterocycles. The first-order valence-electron chi connectivity index (χ1n) is 7.39. The van der Waals surface area contributed by atoms with Crippen molar-refractivity contribution < 1.29 is 4.39 Å². The Bertz CT molecular complexity index is 881. The van der Waals surface area contributed by atoms with E-state index >= 15 is 0 Å². The van der Waals surface area contributed by atoms with Gasteiger partial charge in [-0.1, -0.05) is 29.8 Å². The summed E-state index contributed by atoms with van der Waals surface area (Å²) in [6.45, 7) is 3.64. The van der Waals surface area contributed by atoms with Crippen LogP contribution in [0.4, 0.5) is 4.39 Å². The Kier molecular flexibility index (Phi) is 4.09. The lowest BCUT2D eigenvalue weighted by atomic mass is 10.0. The van der Waals surface area contributed by atoms with E-state index in [0.29, 0.717) is 0 Å². The largest absolute Gasteiger partial charge is 0.368 e. The highest BCUT2D eigenvalue weighted by Crippen LogP contribution is 2.31. The van der Waals surface area contributed by atoms with Gasteiger partial charge in [0.05, 0.1) is 12.2 Å². The molecule has 0 unspecified atom stereocenters. The predicted octanol–water partition coefficient (Wildman–Crippen LogP) is 4.05. The minimum Gasteiger partial charge on any atom is -0.368 e. The summed E-state index contributed by atoms with van der Waals surface area (Å²) >= 11 is 0. The highest BCUT2D eigenvalue weighted by atomic mass is 35.5. The molecule has 3 nitrogen and oxygen atoms in total. The molecule has 0 aliphatic carbocycles. The van der Waals surface area contributed by atoms with Crippen molar-refractivity contribution in [2.75, 3.05) is 13.1 Å². The number of amidine groups is 1. The quantitative estimate of drug-likeness (QED) is 0.731. The molecule has 3 aromatic rings. The van der Waals surface area contributed by atoms with Crippen molar-refractivity contribution in [3.63, 3.8) is 0 Å². The number of H-pyrrole nitrogens is 1. The molecule has 4 rings (SSSR count). The number of aromatic nitrogens is 1. The van der Waals surface area contributed by atoms with Crippen molar-refractivity contribution in [1.82, 2.24) is 10.3 Å². The fourth-order valence-electron chi connectivity index (χ4n) is 2.91. The third-order valence-electron chi connectivity index (χ3n) is 4.01. The number of aliphatic imine (C=N–C) groups is 1. The summed E-state index contributed by atoms with van der Waals surface area (Å²) in [6.07, 6.45) is 0. The molecule has 23 heavy (non-hydrogen) atoms. The summed E-state index contributed by atoms with van der Waals surface area (Å²) in [6, 6.07) is 13.1. The molecule has 2 heterocycles. The van der Waals surface area contributed by atoms with Crippen LogP contribution < -0.4 is 5.32 Å². The summed E-state index contributed by atoms with van der Waals surface area (Å²) in [5.41, 5.74) is 5.14. The summed E-state index contributed by atoms with van der Waals surface area (Å²) in [5.74, 6) is 0.606. The average Bonchev–Trinajstić information content (AvgIpc) is 3.14. The highest BCUT2D eigenvalue weighted by molar-refractivity contribution is 6.15. The van der Waals surface area contributed by atoms with Crippen LogP contribution >= 0.6 is 12.4 Å². The zero-order valence-electron chi connectivity index (χ0n) is 12.7. The number of fused-ring (bicyclic) bond motifs is 1. The molecule has 0 amide bonds. The van der Waals surface area contributed by atoms with Crippen LogP contribution in [0.2, 0.25) is 0 Å². The Labute approximate surface area is 140 Å². The van der Waals surface area contributed by atoms with Gasteiger partial charge in [0.1, 0.15) is 11.7 Å². The third-order valence-corrected chi connectivity index (χ3v) is 4.01. The average molecular weight is 330 g/mol. The predicted molar refractivity (Wildman–Crippen MR) is 95.1 cm³/mol. The first kappa shape index (κ1) is 15.6. The topological polar surface area (TPSA) is 40.2 Å². The summed E-state index contributed by atoms with van der Waals surface area (Å²) in [4.78, 5) is 7.94. The number of hydrogen-bond acceptors (Lipinski definition) is 2.